The van der Waals surface area contributed by atoms with Crippen molar-refractivity contribution in [2.24, 2.45) is 14.1 Å². The molecule has 2 aromatic heterocycles. The highest BCUT2D eigenvalue weighted by Crippen LogP contribution is 2.19. The van der Waals surface area contributed by atoms with Crippen molar-refractivity contribution < 1.29 is 4.74 Å². The molecule has 10 nitrogen and oxygen atoms in total. The number of fused-ring (bicyclic) bond motifs is 1. The standard InChI is InChI=1S/C21H27N7O3/c1-25-10-12-28(13-11-25)9-4-14-31-16-7-5-15(6-8-16)18-22-17-19(24-23-18)26(2)21(30)27(3)20(17)29/h5-8H,4,9-14H2,1-3H3. The van der Waals surface area contributed by atoms with Gasteiger partial charge in [0.25, 0.3) is 5.56 Å². The van der Waals surface area contributed by atoms with E-state index in [4.69, 9.17) is 4.74 Å². The number of ether oxygens (including phenoxy) is 1. The molecule has 0 aliphatic carbocycles. The predicted octanol–water partition coefficient (Wildman–Crippen LogP) is 0.106. The number of piperazine rings is 1. The van der Waals surface area contributed by atoms with Gasteiger partial charge in [-0.3, -0.25) is 13.9 Å². The molecule has 0 radical (unpaired) electrons. The monoisotopic (exact) mass is 425 g/mol. The number of hydrogen-bond acceptors (Lipinski definition) is 8. The molecular formula is C21H27N7O3. The second-order valence-electron chi connectivity index (χ2n) is 7.88. The minimum atomic E-state index is -0.491. The second kappa shape index (κ2) is 8.94. The van der Waals surface area contributed by atoms with Gasteiger partial charge >= 0.3 is 5.69 Å². The topological polar surface area (TPSA) is 98.4 Å². The van der Waals surface area contributed by atoms with Gasteiger partial charge in [0.05, 0.1) is 6.61 Å². The highest BCUT2D eigenvalue weighted by molar-refractivity contribution is 5.71. The maximum atomic E-state index is 12.4. The van der Waals surface area contributed by atoms with Gasteiger partial charge in [-0.05, 0) is 37.7 Å². The van der Waals surface area contributed by atoms with Crippen molar-refractivity contribution in [3.8, 4) is 17.1 Å². The van der Waals surface area contributed by atoms with E-state index in [-0.39, 0.29) is 11.2 Å². The summed E-state index contributed by atoms with van der Waals surface area (Å²) in [5, 5.41) is 8.14. The molecule has 0 N–H and O–H groups in total. The summed E-state index contributed by atoms with van der Waals surface area (Å²) in [5.41, 5.74) is 0.0381. The van der Waals surface area contributed by atoms with Crippen LogP contribution in [0, 0.1) is 0 Å². The van der Waals surface area contributed by atoms with Gasteiger partial charge in [0, 0.05) is 52.4 Å². The Bertz CT molecular complexity index is 1180. The van der Waals surface area contributed by atoms with Crippen molar-refractivity contribution >= 4 is 11.2 Å². The SMILES string of the molecule is CN1CCN(CCCOc2ccc(-c3nnc4c(n3)c(=O)n(C)c(=O)n4C)cc2)CC1. The Morgan fingerprint density at radius 3 is 2.35 bits per heavy atom. The van der Waals surface area contributed by atoms with Crippen LogP contribution in [0.3, 0.4) is 0 Å². The van der Waals surface area contributed by atoms with Gasteiger partial charge in [0.1, 0.15) is 5.75 Å². The van der Waals surface area contributed by atoms with E-state index in [0.717, 1.165) is 55.0 Å². The molecule has 31 heavy (non-hydrogen) atoms. The number of aromatic nitrogens is 5. The zero-order valence-corrected chi connectivity index (χ0v) is 18.1. The van der Waals surface area contributed by atoms with Crippen LogP contribution in [0.1, 0.15) is 6.42 Å². The van der Waals surface area contributed by atoms with Crippen molar-refractivity contribution in [2.75, 3.05) is 46.4 Å². The fourth-order valence-electron chi connectivity index (χ4n) is 3.62. The van der Waals surface area contributed by atoms with Crippen LogP contribution in [-0.2, 0) is 14.1 Å². The van der Waals surface area contributed by atoms with Crippen LogP contribution in [0.15, 0.2) is 33.9 Å². The Hall–Kier alpha value is -3.11. The lowest BCUT2D eigenvalue weighted by atomic mass is 10.2. The molecule has 1 fully saturated rings. The summed E-state index contributed by atoms with van der Waals surface area (Å²) < 4.78 is 8.14. The molecule has 10 heteroatoms. The average Bonchev–Trinajstić information content (AvgIpc) is 2.80. The Morgan fingerprint density at radius 1 is 0.935 bits per heavy atom. The van der Waals surface area contributed by atoms with Crippen LogP contribution >= 0.6 is 0 Å². The van der Waals surface area contributed by atoms with Crippen LogP contribution in [0.2, 0.25) is 0 Å². The van der Waals surface area contributed by atoms with Crippen molar-refractivity contribution in [1.82, 2.24) is 34.1 Å². The van der Waals surface area contributed by atoms with E-state index in [2.05, 4.69) is 32.0 Å². The first-order valence-electron chi connectivity index (χ1n) is 10.4. The molecule has 1 aliphatic heterocycles. The molecule has 3 heterocycles. The van der Waals surface area contributed by atoms with E-state index < -0.39 is 11.2 Å². The van der Waals surface area contributed by atoms with E-state index >= 15 is 0 Å². The first-order chi connectivity index (χ1) is 14.9. The third-order valence-corrected chi connectivity index (χ3v) is 5.66. The van der Waals surface area contributed by atoms with Crippen LogP contribution in [0.5, 0.6) is 5.75 Å². The number of aryl methyl sites for hydroxylation is 1. The first kappa shape index (κ1) is 21.1. The third kappa shape index (κ3) is 4.49. The molecule has 1 aromatic carbocycles. The van der Waals surface area contributed by atoms with Crippen molar-refractivity contribution in [3.63, 3.8) is 0 Å². The molecule has 0 atom stereocenters. The van der Waals surface area contributed by atoms with E-state index in [1.165, 1.54) is 18.7 Å². The van der Waals surface area contributed by atoms with E-state index in [9.17, 15) is 9.59 Å². The minimum Gasteiger partial charge on any atom is -0.494 e. The highest BCUT2D eigenvalue weighted by atomic mass is 16.5. The fourth-order valence-corrected chi connectivity index (χ4v) is 3.62. The number of hydrogen-bond donors (Lipinski definition) is 0. The molecule has 3 aromatic rings. The normalized spacial score (nSPS) is 15.5. The molecule has 0 bridgehead atoms. The maximum absolute atomic E-state index is 12.4. The van der Waals surface area contributed by atoms with Crippen molar-refractivity contribution in [1.29, 1.82) is 0 Å². The third-order valence-electron chi connectivity index (χ3n) is 5.66. The Balaban J connectivity index is 1.40. The van der Waals surface area contributed by atoms with E-state index in [0.29, 0.717) is 12.4 Å². The molecule has 0 saturated carbocycles. The van der Waals surface area contributed by atoms with Gasteiger partial charge in [-0.15, -0.1) is 10.2 Å². The largest absolute Gasteiger partial charge is 0.494 e. The second-order valence-corrected chi connectivity index (χ2v) is 7.88. The molecule has 164 valence electrons. The van der Waals surface area contributed by atoms with E-state index in [1.54, 1.807) is 0 Å². The molecule has 0 spiro atoms. The van der Waals surface area contributed by atoms with Crippen LogP contribution in [0.25, 0.3) is 22.6 Å². The smallest absolute Gasteiger partial charge is 0.332 e. The minimum absolute atomic E-state index is 0.110. The lowest BCUT2D eigenvalue weighted by Crippen LogP contribution is -2.44. The average molecular weight is 425 g/mol. The first-order valence-corrected chi connectivity index (χ1v) is 10.4. The number of likely N-dealkylation sites (N-methyl/N-ethyl adjacent to an activating group) is 1. The summed E-state index contributed by atoms with van der Waals surface area (Å²) >= 11 is 0. The zero-order chi connectivity index (χ0) is 22.0. The molecule has 0 unspecified atom stereocenters. The van der Waals surface area contributed by atoms with Gasteiger partial charge in [0.2, 0.25) is 0 Å². The number of benzene rings is 1. The summed E-state index contributed by atoms with van der Waals surface area (Å²) in [6, 6.07) is 7.39. The Labute approximate surface area is 179 Å². The number of nitrogens with zero attached hydrogens (tertiary/aromatic N) is 7. The van der Waals surface area contributed by atoms with Crippen LogP contribution < -0.4 is 16.0 Å². The highest BCUT2D eigenvalue weighted by Gasteiger charge is 2.14. The van der Waals surface area contributed by atoms with Crippen molar-refractivity contribution in [2.45, 2.75) is 6.42 Å². The van der Waals surface area contributed by atoms with Crippen LogP contribution in [-0.4, -0.2) is 80.5 Å². The fraction of sp³-hybridized carbons (Fsp3) is 0.476. The summed E-state index contributed by atoms with van der Waals surface area (Å²) in [7, 11) is 5.11. The van der Waals surface area contributed by atoms with Gasteiger partial charge < -0.3 is 14.5 Å². The predicted molar refractivity (Wildman–Crippen MR) is 117 cm³/mol. The van der Waals surface area contributed by atoms with Gasteiger partial charge in [-0.25, -0.2) is 9.78 Å². The van der Waals surface area contributed by atoms with E-state index in [1.807, 2.05) is 24.3 Å². The maximum Gasteiger partial charge on any atom is 0.332 e. The number of rotatable bonds is 6. The molecule has 0 amide bonds. The molecule has 4 rings (SSSR count). The summed E-state index contributed by atoms with van der Waals surface area (Å²) in [6.45, 7) is 6.17. The lowest BCUT2D eigenvalue weighted by molar-refractivity contribution is 0.145. The summed E-state index contributed by atoms with van der Waals surface area (Å²) in [6.07, 6.45) is 0.977. The van der Waals surface area contributed by atoms with Crippen LogP contribution in [0.4, 0.5) is 0 Å². The zero-order valence-electron chi connectivity index (χ0n) is 18.1. The van der Waals surface area contributed by atoms with Gasteiger partial charge in [-0.1, -0.05) is 0 Å². The quantitative estimate of drug-likeness (QED) is 0.513. The Kier molecular flexibility index (Phi) is 6.10. The molecule has 1 saturated heterocycles. The van der Waals surface area contributed by atoms with Gasteiger partial charge in [-0.2, -0.15) is 0 Å². The van der Waals surface area contributed by atoms with Gasteiger partial charge in [0.15, 0.2) is 17.0 Å². The lowest BCUT2D eigenvalue weighted by Gasteiger charge is -2.32. The molecule has 1 aliphatic rings. The summed E-state index contributed by atoms with van der Waals surface area (Å²) in [5.74, 6) is 1.10. The molecular weight excluding hydrogens is 398 g/mol. The van der Waals surface area contributed by atoms with Crippen molar-refractivity contribution in [3.05, 3.63) is 45.1 Å². The summed E-state index contributed by atoms with van der Waals surface area (Å²) in [4.78, 5) is 33.6. The Morgan fingerprint density at radius 2 is 1.65 bits per heavy atom.